The van der Waals surface area contributed by atoms with Gasteiger partial charge in [-0.3, -0.25) is 4.90 Å². The molecule has 0 bridgehead atoms. The maximum Gasteiger partial charge on any atom is 0.120 e. The van der Waals surface area contributed by atoms with Crippen molar-refractivity contribution in [3.63, 3.8) is 0 Å². The van der Waals surface area contributed by atoms with E-state index >= 15 is 0 Å². The van der Waals surface area contributed by atoms with Gasteiger partial charge in [0.25, 0.3) is 0 Å². The van der Waals surface area contributed by atoms with Gasteiger partial charge in [0, 0.05) is 19.6 Å². The number of hydrogen-bond acceptors (Lipinski definition) is 3. The zero-order chi connectivity index (χ0) is 20.5. The summed E-state index contributed by atoms with van der Waals surface area (Å²) in [4.78, 5) is 2.29. The van der Waals surface area contributed by atoms with Crippen molar-refractivity contribution in [2.45, 2.75) is 45.6 Å². The molecule has 0 radical (unpaired) electrons. The summed E-state index contributed by atoms with van der Waals surface area (Å²) < 4.78 is 5.93. The molecule has 3 aromatic carbocycles. The van der Waals surface area contributed by atoms with Crippen LogP contribution in [0.25, 0.3) is 0 Å². The second kappa shape index (κ2) is 10.8. The van der Waals surface area contributed by atoms with Crippen LogP contribution in [0, 0.1) is 0 Å². The van der Waals surface area contributed by atoms with Gasteiger partial charge in [-0.1, -0.05) is 79.7 Å². The van der Waals surface area contributed by atoms with Crippen molar-refractivity contribution in [1.29, 1.82) is 0 Å². The Bertz CT molecular complexity index is 809. The van der Waals surface area contributed by atoms with Crippen LogP contribution in [0.5, 0.6) is 5.75 Å². The van der Waals surface area contributed by atoms with E-state index in [4.69, 9.17) is 4.74 Å². The maximum absolute atomic E-state index is 11.0. The van der Waals surface area contributed by atoms with Gasteiger partial charge in [-0.25, -0.2) is 0 Å². The molecular formula is C26H31NO2. The third kappa shape index (κ3) is 6.74. The van der Waals surface area contributed by atoms with E-state index in [0.29, 0.717) is 6.54 Å². The van der Waals surface area contributed by atoms with Gasteiger partial charge < -0.3 is 9.84 Å². The lowest BCUT2D eigenvalue weighted by atomic mass is 10.1. The number of aliphatic hydroxyl groups is 1. The van der Waals surface area contributed by atoms with Crippen LogP contribution in [0.4, 0.5) is 0 Å². The molecule has 152 valence electrons. The Hall–Kier alpha value is -2.62. The molecule has 0 heterocycles. The lowest BCUT2D eigenvalue weighted by molar-refractivity contribution is 0.104. The number of aliphatic hydroxyl groups excluding tert-OH is 1. The molecule has 0 aliphatic carbocycles. The Kier molecular flexibility index (Phi) is 7.85. The normalized spacial score (nSPS) is 13.2. The van der Waals surface area contributed by atoms with Crippen LogP contribution >= 0.6 is 0 Å². The zero-order valence-corrected chi connectivity index (χ0v) is 17.4. The van der Waals surface area contributed by atoms with Crippen LogP contribution in [-0.4, -0.2) is 22.7 Å². The molecule has 2 atom stereocenters. The molecule has 0 saturated carbocycles. The third-order valence-corrected chi connectivity index (χ3v) is 5.08. The Labute approximate surface area is 174 Å². The highest BCUT2D eigenvalue weighted by molar-refractivity contribution is 5.30. The number of nitrogens with zero attached hydrogens (tertiary/aromatic N) is 1. The number of benzene rings is 3. The summed E-state index contributed by atoms with van der Waals surface area (Å²) in [5.41, 5.74) is 3.37. The summed E-state index contributed by atoms with van der Waals surface area (Å²) in [6.07, 6.45) is 0.535. The summed E-state index contributed by atoms with van der Waals surface area (Å²) in [5, 5.41) is 11.0. The van der Waals surface area contributed by atoms with E-state index in [1.165, 1.54) is 11.1 Å². The van der Waals surface area contributed by atoms with Gasteiger partial charge in [0.2, 0.25) is 0 Å². The summed E-state index contributed by atoms with van der Waals surface area (Å²) in [6.45, 7) is 6.29. The fraction of sp³-hybridized carbons (Fsp3) is 0.308. The summed E-state index contributed by atoms with van der Waals surface area (Å²) in [6, 6.07) is 28.6. The lowest BCUT2D eigenvalue weighted by Crippen LogP contribution is -2.28. The molecule has 3 heteroatoms. The first-order chi connectivity index (χ1) is 14.1. The van der Waals surface area contributed by atoms with Crippen molar-refractivity contribution in [3.05, 3.63) is 102 Å². The van der Waals surface area contributed by atoms with Gasteiger partial charge in [0.1, 0.15) is 5.75 Å². The maximum atomic E-state index is 11.0. The molecule has 0 fully saturated rings. The summed E-state index contributed by atoms with van der Waals surface area (Å²) in [7, 11) is 0. The SMILES string of the molecule is CCC(C)Oc1cccc([C@H](O)CN(Cc2ccccc2)Cc2ccccc2)c1. The standard InChI is InChI=1S/C26H31NO2/c1-3-21(2)29-25-16-10-15-24(17-25)26(28)20-27(18-22-11-6-4-7-12-22)19-23-13-8-5-9-14-23/h4-17,21,26,28H,3,18-20H2,1-2H3/t21?,26-/m1/s1. The Morgan fingerprint density at radius 3 is 1.97 bits per heavy atom. The summed E-state index contributed by atoms with van der Waals surface area (Å²) >= 11 is 0. The molecule has 29 heavy (non-hydrogen) atoms. The average molecular weight is 390 g/mol. The lowest BCUT2D eigenvalue weighted by Gasteiger charge is -2.26. The van der Waals surface area contributed by atoms with Crippen LogP contribution in [0.3, 0.4) is 0 Å². The fourth-order valence-corrected chi connectivity index (χ4v) is 3.33. The third-order valence-electron chi connectivity index (χ3n) is 5.08. The predicted octanol–water partition coefficient (Wildman–Crippen LogP) is 5.60. The molecule has 0 saturated heterocycles. The van der Waals surface area contributed by atoms with Gasteiger partial charge >= 0.3 is 0 Å². The van der Waals surface area contributed by atoms with E-state index < -0.39 is 6.10 Å². The molecule has 0 spiro atoms. The zero-order valence-electron chi connectivity index (χ0n) is 17.4. The number of rotatable bonds is 10. The van der Waals surface area contributed by atoms with Crippen molar-refractivity contribution >= 4 is 0 Å². The smallest absolute Gasteiger partial charge is 0.120 e. The van der Waals surface area contributed by atoms with Crippen LogP contribution in [0.1, 0.15) is 43.1 Å². The van der Waals surface area contributed by atoms with E-state index in [9.17, 15) is 5.11 Å². The molecule has 3 rings (SSSR count). The number of hydrogen-bond donors (Lipinski definition) is 1. The second-order valence-corrected chi connectivity index (χ2v) is 7.57. The average Bonchev–Trinajstić information content (AvgIpc) is 2.75. The summed E-state index contributed by atoms with van der Waals surface area (Å²) in [5.74, 6) is 0.813. The topological polar surface area (TPSA) is 32.7 Å². The van der Waals surface area contributed by atoms with Gasteiger partial charge in [0.15, 0.2) is 0 Å². The highest BCUT2D eigenvalue weighted by Crippen LogP contribution is 2.23. The van der Waals surface area contributed by atoms with E-state index in [0.717, 1.165) is 30.8 Å². The van der Waals surface area contributed by atoms with Crippen LogP contribution in [0.15, 0.2) is 84.9 Å². The van der Waals surface area contributed by atoms with Crippen molar-refractivity contribution in [1.82, 2.24) is 4.90 Å². The minimum atomic E-state index is -0.581. The van der Waals surface area contributed by atoms with Crippen molar-refractivity contribution in [2.24, 2.45) is 0 Å². The van der Waals surface area contributed by atoms with Crippen LogP contribution in [-0.2, 0) is 13.1 Å². The molecule has 1 N–H and O–H groups in total. The second-order valence-electron chi connectivity index (χ2n) is 7.57. The van der Waals surface area contributed by atoms with Crippen LogP contribution < -0.4 is 4.74 Å². The Morgan fingerprint density at radius 2 is 1.41 bits per heavy atom. The van der Waals surface area contributed by atoms with Gasteiger partial charge in [-0.2, -0.15) is 0 Å². The molecular weight excluding hydrogens is 358 g/mol. The Morgan fingerprint density at radius 1 is 0.828 bits per heavy atom. The quantitative estimate of drug-likeness (QED) is 0.490. The van der Waals surface area contributed by atoms with E-state index in [1.807, 2.05) is 36.4 Å². The van der Waals surface area contributed by atoms with Gasteiger partial charge in [-0.15, -0.1) is 0 Å². The molecule has 3 aromatic rings. The largest absolute Gasteiger partial charge is 0.491 e. The highest BCUT2D eigenvalue weighted by atomic mass is 16.5. The van der Waals surface area contributed by atoms with Crippen LogP contribution in [0.2, 0.25) is 0 Å². The molecule has 1 unspecified atom stereocenters. The molecule has 0 aliphatic rings. The van der Waals surface area contributed by atoms with Gasteiger partial charge in [-0.05, 0) is 42.2 Å². The minimum Gasteiger partial charge on any atom is -0.491 e. The van der Waals surface area contributed by atoms with E-state index in [2.05, 4.69) is 67.3 Å². The first-order valence-corrected chi connectivity index (χ1v) is 10.4. The Balaban J connectivity index is 1.73. The molecule has 3 nitrogen and oxygen atoms in total. The first-order valence-electron chi connectivity index (χ1n) is 10.4. The minimum absolute atomic E-state index is 0.162. The van der Waals surface area contributed by atoms with Crippen molar-refractivity contribution in [2.75, 3.05) is 6.54 Å². The highest BCUT2D eigenvalue weighted by Gasteiger charge is 2.16. The number of ether oxygens (including phenoxy) is 1. The fourth-order valence-electron chi connectivity index (χ4n) is 3.33. The molecule has 0 aliphatic heterocycles. The van der Waals surface area contributed by atoms with Gasteiger partial charge in [0.05, 0.1) is 12.2 Å². The van der Waals surface area contributed by atoms with Crippen molar-refractivity contribution < 1.29 is 9.84 Å². The van der Waals surface area contributed by atoms with E-state index in [1.54, 1.807) is 0 Å². The predicted molar refractivity (Wildman–Crippen MR) is 119 cm³/mol. The first kappa shape index (κ1) is 21.1. The monoisotopic (exact) mass is 389 g/mol. The van der Waals surface area contributed by atoms with Crippen molar-refractivity contribution in [3.8, 4) is 5.75 Å². The molecule has 0 aromatic heterocycles. The molecule has 0 amide bonds. The van der Waals surface area contributed by atoms with E-state index in [-0.39, 0.29) is 6.10 Å².